The average Bonchev–Trinajstić information content (AvgIpc) is 2.48. The first-order valence-electron chi connectivity index (χ1n) is 7.61. The highest BCUT2D eigenvalue weighted by molar-refractivity contribution is 5.95. The van der Waals surface area contributed by atoms with Crippen molar-refractivity contribution >= 4 is 11.6 Å². The van der Waals surface area contributed by atoms with Crippen LogP contribution in [0.25, 0.3) is 0 Å². The number of hydrogen-bond donors (Lipinski definition) is 1. The fourth-order valence-corrected chi connectivity index (χ4v) is 2.26. The van der Waals surface area contributed by atoms with Crippen LogP contribution in [0.3, 0.4) is 0 Å². The molecule has 3 nitrogen and oxygen atoms in total. The van der Waals surface area contributed by atoms with Gasteiger partial charge in [-0.05, 0) is 62.1 Å². The second-order valence-electron chi connectivity index (χ2n) is 5.64. The summed E-state index contributed by atoms with van der Waals surface area (Å²) in [5.41, 5.74) is 4.12. The van der Waals surface area contributed by atoms with Crippen LogP contribution in [0.4, 0.5) is 5.69 Å². The number of carbonyl (C=O) groups is 1. The van der Waals surface area contributed by atoms with E-state index in [2.05, 4.69) is 5.32 Å². The molecular formula is C19H23NO2. The van der Waals surface area contributed by atoms with Gasteiger partial charge in [0.15, 0.2) is 6.10 Å². The maximum absolute atomic E-state index is 12.5. The van der Waals surface area contributed by atoms with Crippen molar-refractivity contribution in [1.29, 1.82) is 0 Å². The predicted octanol–water partition coefficient (Wildman–Crippen LogP) is 4.41. The van der Waals surface area contributed by atoms with E-state index in [1.807, 2.05) is 70.2 Å². The second kappa shape index (κ2) is 7.12. The lowest BCUT2D eigenvalue weighted by Crippen LogP contribution is -2.32. The first kappa shape index (κ1) is 16.1. The molecule has 0 bridgehead atoms. The summed E-state index contributed by atoms with van der Waals surface area (Å²) in [5.74, 6) is 0.612. The molecular weight excluding hydrogens is 274 g/mol. The monoisotopic (exact) mass is 297 g/mol. The van der Waals surface area contributed by atoms with Crippen molar-refractivity contribution in [2.45, 2.75) is 40.2 Å². The van der Waals surface area contributed by atoms with Crippen LogP contribution in [0.15, 0.2) is 42.5 Å². The van der Waals surface area contributed by atoms with Crippen LogP contribution in [0.2, 0.25) is 0 Å². The minimum absolute atomic E-state index is 0.113. The molecule has 1 atom stereocenters. The van der Waals surface area contributed by atoms with Crippen LogP contribution < -0.4 is 10.1 Å². The summed E-state index contributed by atoms with van der Waals surface area (Å²) in [6, 6.07) is 13.8. The van der Waals surface area contributed by atoms with Gasteiger partial charge in [-0.3, -0.25) is 4.79 Å². The van der Waals surface area contributed by atoms with E-state index in [0.29, 0.717) is 6.42 Å². The van der Waals surface area contributed by atoms with Gasteiger partial charge in [0, 0.05) is 5.69 Å². The zero-order valence-corrected chi connectivity index (χ0v) is 13.6. The van der Waals surface area contributed by atoms with Crippen molar-refractivity contribution in [2.24, 2.45) is 0 Å². The molecule has 0 fully saturated rings. The Kier molecular flexibility index (Phi) is 5.21. The SMILES string of the molecule is CCC(Oc1cccc(C)c1)C(=O)Nc1cc(C)ccc1C. The highest BCUT2D eigenvalue weighted by atomic mass is 16.5. The largest absolute Gasteiger partial charge is 0.481 e. The van der Waals surface area contributed by atoms with Crippen molar-refractivity contribution in [3.8, 4) is 5.75 Å². The van der Waals surface area contributed by atoms with Crippen molar-refractivity contribution < 1.29 is 9.53 Å². The van der Waals surface area contributed by atoms with Crippen LogP contribution in [-0.2, 0) is 4.79 Å². The Bertz CT molecular complexity index is 664. The summed E-state index contributed by atoms with van der Waals surface area (Å²) in [6.07, 6.45) is 0.117. The van der Waals surface area contributed by atoms with Crippen molar-refractivity contribution in [3.63, 3.8) is 0 Å². The molecule has 2 rings (SSSR count). The molecule has 0 radical (unpaired) electrons. The Labute approximate surface area is 132 Å². The molecule has 0 aromatic heterocycles. The second-order valence-corrected chi connectivity index (χ2v) is 5.64. The van der Waals surface area contributed by atoms with Gasteiger partial charge in [-0.25, -0.2) is 0 Å². The number of hydrogen-bond acceptors (Lipinski definition) is 2. The number of benzene rings is 2. The van der Waals surface area contributed by atoms with Gasteiger partial charge in [-0.1, -0.05) is 31.2 Å². The predicted molar refractivity (Wildman–Crippen MR) is 90.4 cm³/mol. The fourth-order valence-electron chi connectivity index (χ4n) is 2.26. The number of anilines is 1. The first-order valence-corrected chi connectivity index (χ1v) is 7.61. The topological polar surface area (TPSA) is 38.3 Å². The molecule has 0 aliphatic heterocycles. The van der Waals surface area contributed by atoms with E-state index in [1.54, 1.807) is 0 Å². The van der Waals surface area contributed by atoms with Crippen LogP contribution in [-0.4, -0.2) is 12.0 Å². The Morgan fingerprint density at radius 3 is 2.50 bits per heavy atom. The number of ether oxygens (including phenoxy) is 1. The Balaban J connectivity index is 2.10. The van der Waals surface area contributed by atoms with Gasteiger partial charge >= 0.3 is 0 Å². The third-order valence-corrected chi connectivity index (χ3v) is 3.58. The van der Waals surface area contributed by atoms with Crippen molar-refractivity contribution in [2.75, 3.05) is 5.32 Å². The van der Waals surface area contributed by atoms with Crippen LogP contribution in [0, 0.1) is 20.8 Å². The smallest absolute Gasteiger partial charge is 0.265 e. The molecule has 0 saturated heterocycles. The molecule has 2 aromatic rings. The lowest BCUT2D eigenvalue weighted by molar-refractivity contribution is -0.122. The van der Waals surface area contributed by atoms with Gasteiger partial charge in [0.1, 0.15) is 5.75 Å². The van der Waals surface area contributed by atoms with Crippen LogP contribution >= 0.6 is 0 Å². The summed E-state index contributed by atoms with van der Waals surface area (Å²) in [5, 5.41) is 2.97. The molecule has 116 valence electrons. The molecule has 2 aromatic carbocycles. The number of carbonyl (C=O) groups excluding carboxylic acids is 1. The lowest BCUT2D eigenvalue weighted by Gasteiger charge is -2.18. The van der Waals surface area contributed by atoms with E-state index < -0.39 is 6.10 Å². The normalized spacial score (nSPS) is 11.8. The zero-order valence-electron chi connectivity index (χ0n) is 13.6. The van der Waals surface area contributed by atoms with Gasteiger partial charge in [0.2, 0.25) is 0 Å². The summed E-state index contributed by atoms with van der Waals surface area (Å²) in [7, 11) is 0. The number of amides is 1. The van der Waals surface area contributed by atoms with E-state index in [0.717, 1.165) is 28.1 Å². The lowest BCUT2D eigenvalue weighted by atomic mass is 10.1. The van der Waals surface area contributed by atoms with Crippen LogP contribution in [0.5, 0.6) is 5.75 Å². The highest BCUT2D eigenvalue weighted by Gasteiger charge is 2.19. The molecule has 1 unspecified atom stereocenters. The number of aryl methyl sites for hydroxylation is 3. The molecule has 0 aliphatic rings. The summed E-state index contributed by atoms with van der Waals surface area (Å²) in [4.78, 5) is 12.5. The zero-order chi connectivity index (χ0) is 16.1. The Morgan fingerprint density at radius 1 is 1.09 bits per heavy atom. The van der Waals surface area contributed by atoms with Crippen molar-refractivity contribution in [1.82, 2.24) is 0 Å². The Morgan fingerprint density at radius 2 is 1.82 bits per heavy atom. The molecule has 0 spiro atoms. The van der Waals surface area contributed by atoms with E-state index in [4.69, 9.17) is 4.74 Å². The third kappa shape index (κ3) is 4.10. The standard InChI is InChI=1S/C19H23NO2/c1-5-18(22-16-8-6-7-13(2)11-16)19(21)20-17-12-14(3)9-10-15(17)4/h6-12,18H,5H2,1-4H3,(H,20,21). The van der Waals surface area contributed by atoms with Crippen molar-refractivity contribution in [3.05, 3.63) is 59.2 Å². The molecule has 0 heterocycles. The van der Waals surface area contributed by atoms with Gasteiger partial charge in [-0.2, -0.15) is 0 Å². The molecule has 1 amide bonds. The van der Waals surface area contributed by atoms with E-state index in [9.17, 15) is 4.79 Å². The fraction of sp³-hybridized carbons (Fsp3) is 0.316. The third-order valence-electron chi connectivity index (χ3n) is 3.58. The van der Waals surface area contributed by atoms with Gasteiger partial charge in [0.25, 0.3) is 5.91 Å². The first-order chi connectivity index (χ1) is 10.5. The average molecular weight is 297 g/mol. The van der Waals surface area contributed by atoms with E-state index in [1.165, 1.54) is 0 Å². The van der Waals surface area contributed by atoms with E-state index >= 15 is 0 Å². The molecule has 1 N–H and O–H groups in total. The Hall–Kier alpha value is -2.29. The van der Waals surface area contributed by atoms with Crippen LogP contribution in [0.1, 0.15) is 30.0 Å². The number of nitrogens with one attached hydrogen (secondary N) is 1. The molecule has 0 aliphatic carbocycles. The summed E-state index contributed by atoms with van der Waals surface area (Å²) >= 11 is 0. The minimum Gasteiger partial charge on any atom is -0.481 e. The maximum atomic E-state index is 12.5. The van der Waals surface area contributed by atoms with Gasteiger partial charge < -0.3 is 10.1 Å². The minimum atomic E-state index is -0.498. The van der Waals surface area contributed by atoms with Gasteiger partial charge in [0.05, 0.1) is 0 Å². The maximum Gasteiger partial charge on any atom is 0.265 e. The quantitative estimate of drug-likeness (QED) is 0.888. The molecule has 3 heteroatoms. The number of rotatable bonds is 5. The molecule has 22 heavy (non-hydrogen) atoms. The molecule has 0 saturated carbocycles. The highest BCUT2D eigenvalue weighted by Crippen LogP contribution is 2.19. The summed E-state index contributed by atoms with van der Waals surface area (Å²) in [6.45, 7) is 7.94. The summed E-state index contributed by atoms with van der Waals surface area (Å²) < 4.78 is 5.84. The van der Waals surface area contributed by atoms with E-state index in [-0.39, 0.29) is 5.91 Å². The van der Waals surface area contributed by atoms with Gasteiger partial charge in [-0.15, -0.1) is 0 Å².